The Bertz CT molecular complexity index is 532. The van der Waals surface area contributed by atoms with E-state index in [2.05, 4.69) is 5.32 Å². The number of benzene rings is 1. The molecule has 0 aliphatic carbocycles. The number of rotatable bonds is 5. The highest BCUT2D eigenvalue weighted by atomic mass is 16.5. The van der Waals surface area contributed by atoms with Crippen LogP contribution in [0.4, 0.5) is 0 Å². The van der Waals surface area contributed by atoms with Gasteiger partial charge in [-0.3, -0.25) is 4.79 Å². The van der Waals surface area contributed by atoms with E-state index >= 15 is 0 Å². The summed E-state index contributed by atoms with van der Waals surface area (Å²) in [6.45, 7) is 4.27. The van der Waals surface area contributed by atoms with Crippen molar-refractivity contribution >= 4 is 5.91 Å². The molecule has 0 atom stereocenters. The van der Waals surface area contributed by atoms with Crippen LogP contribution in [0.3, 0.4) is 0 Å². The third-order valence-corrected chi connectivity index (χ3v) is 2.47. The predicted octanol–water partition coefficient (Wildman–Crippen LogP) is 3.00. The largest absolute Gasteiger partial charge is 0.491 e. The van der Waals surface area contributed by atoms with Gasteiger partial charge >= 0.3 is 0 Å². The van der Waals surface area contributed by atoms with Gasteiger partial charge in [0.1, 0.15) is 11.5 Å². The van der Waals surface area contributed by atoms with E-state index in [1.165, 1.54) is 0 Å². The van der Waals surface area contributed by atoms with Gasteiger partial charge in [-0.25, -0.2) is 0 Å². The molecule has 1 heterocycles. The number of nitrogens with one attached hydrogen (secondary N) is 1. The van der Waals surface area contributed by atoms with Gasteiger partial charge in [0.25, 0.3) is 5.91 Å². The highest BCUT2D eigenvalue weighted by molar-refractivity contribution is 5.94. The molecule has 0 spiro atoms. The van der Waals surface area contributed by atoms with Crippen molar-refractivity contribution in [2.45, 2.75) is 26.5 Å². The molecule has 100 valence electrons. The first kappa shape index (κ1) is 13.2. The van der Waals surface area contributed by atoms with E-state index in [-0.39, 0.29) is 12.0 Å². The molecule has 0 saturated heterocycles. The maximum Gasteiger partial charge on any atom is 0.251 e. The van der Waals surface area contributed by atoms with Crippen LogP contribution in [0.25, 0.3) is 0 Å². The zero-order chi connectivity index (χ0) is 13.7. The quantitative estimate of drug-likeness (QED) is 0.898. The van der Waals surface area contributed by atoms with Gasteiger partial charge in [0, 0.05) is 5.56 Å². The zero-order valence-electron chi connectivity index (χ0n) is 11.1. The topological polar surface area (TPSA) is 51.5 Å². The van der Waals surface area contributed by atoms with Crippen molar-refractivity contribution in [2.75, 3.05) is 0 Å². The second kappa shape index (κ2) is 6.09. The van der Waals surface area contributed by atoms with Gasteiger partial charge in [0.05, 0.1) is 18.9 Å². The summed E-state index contributed by atoms with van der Waals surface area (Å²) in [6.07, 6.45) is 1.67. The van der Waals surface area contributed by atoms with Gasteiger partial charge in [-0.15, -0.1) is 0 Å². The molecule has 0 aliphatic heterocycles. The number of ether oxygens (including phenoxy) is 1. The molecule has 0 saturated carbocycles. The summed E-state index contributed by atoms with van der Waals surface area (Å²) in [5.41, 5.74) is 0.574. The van der Waals surface area contributed by atoms with Crippen LogP contribution in [-0.2, 0) is 6.54 Å². The molecule has 1 amide bonds. The molecule has 0 bridgehead atoms. The van der Waals surface area contributed by atoms with E-state index in [0.717, 1.165) is 5.76 Å². The lowest BCUT2D eigenvalue weighted by molar-refractivity contribution is 0.0947. The number of carbonyl (C=O) groups excluding carboxylic acids is 1. The van der Waals surface area contributed by atoms with Crippen molar-refractivity contribution in [3.05, 3.63) is 54.0 Å². The molecule has 19 heavy (non-hydrogen) atoms. The Balaban J connectivity index is 1.98. The van der Waals surface area contributed by atoms with Crippen molar-refractivity contribution in [1.29, 1.82) is 0 Å². The predicted molar refractivity (Wildman–Crippen MR) is 72.1 cm³/mol. The van der Waals surface area contributed by atoms with Crippen molar-refractivity contribution < 1.29 is 13.9 Å². The van der Waals surface area contributed by atoms with Gasteiger partial charge < -0.3 is 14.5 Å². The Morgan fingerprint density at radius 1 is 1.32 bits per heavy atom. The van der Waals surface area contributed by atoms with E-state index in [0.29, 0.717) is 17.9 Å². The van der Waals surface area contributed by atoms with Crippen LogP contribution in [0.5, 0.6) is 5.75 Å². The molecule has 0 radical (unpaired) electrons. The number of amides is 1. The lowest BCUT2D eigenvalue weighted by atomic mass is 10.2. The Kier molecular flexibility index (Phi) is 4.23. The maximum atomic E-state index is 12.0. The number of furan rings is 1. The summed E-state index contributed by atoms with van der Waals surface area (Å²) >= 11 is 0. The third kappa shape index (κ3) is 3.88. The Labute approximate surface area is 112 Å². The van der Waals surface area contributed by atoms with E-state index < -0.39 is 0 Å². The highest BCUT2D eigenvalue weighted by Gasteiger charge is 2.07. The Morgan fingerprint density at radius 3 is 2.84 bits per heavy atom. The van der Waals surface area contributed by atoms with Gasteiger partial charge in [-0.1, -0.05) is 6.07 Å². The molecule has 1 N–H and O–H groups in total. The first-order valence-corrected chi connectivity index (χ1v) is 6.22. The molecule has 1 aromatic carbocycles. The van der Waals surface area contributed by atoms with Crippen LogP contribution < -0.4 is 10.1 Å². The second-order valence-electron chi connectivity index (χ2n) is 4.46. The van der Waals surface area contributed by atoms with Crippen LogP contribution >= 0.6 is 0 Å². The molecule has 0 fully saturated rings. The van der Waals surface area contributed by atoms with Crippen LogP contribution in [0.15, 0.2) is 47.1 Å². The van der Waals surface area contributed by atoms with E-state index in [1.54, 1.807) is 30.5 Å². The molecule has 0 unspecified atom stereocenters. The lowest BCUT2D eigenvalue weighted by Gasteiger charge is -2.10. The van der Waals surface area contributed by atoms with Gasteiger partial charge in [0.2, 0.25) is 0 Å². The van der Waals surface area contributed by atoms with Crippen LogP contribution in [0.2, 0.25) is 0 Å². The minimum atomic E-state index is -0.148. The average Bonchev–Trinajstić information content (AvgIpc) is 2.88. The van der Waals surface area contributed by atoms with Crippen molar-refractivity contribution in [3.63, 3.8) is 0 Å². The molecular formula is C15H17NO3. The number of hydrogen-bond acceptors (Lipinski definition) is 3. The van der Waals surface area contributed by atoms with Crippen molar-refractivity contribution in [3.8, 4) is 5.75 Å². The minimum Gasteiger partial charge on any atom is -0.491 e. The first-order chi connectivity index (χ1) is 9.15. The molecule has 1 aromatic heterocycles. The summed E-state index contributed by atoms with van der Waals surface area (Å²) in [5.74, 6) is 1.27. The molecule has 4 nitrogen and oxygen atoms in total. The molecule has 2 aromatic rings. The summed E-state index contributed by atoms with van der Waals surface area (Å²) < 4.78 is 10.7. The average molecular weight is 259 g/mol. The normalized spacial score (nSPS) is 10.5. The fraction of sp³-hybridized carbons (Fsp3) is 0.267. The first-order valence-electron chi connectivity index (χ1n) is 6.22. The standard InChI is InChI=1S/C15H17NO3/c1-11(2)19-13-6-3-5-12(9-13)15(17)16-10-14-7-4-8-18-14/h3-9,11H,10H2,1-2H3,(H,16,17). The van der Waals surface area contributed by atoms with Crippen molar-refractivity contribution in [1.82, 2.24) is 5.32 Å². The fourth-order valence-corrected chi connectivity index (χ4v) is 1.67. The zero-order valence-corrected chi connectivity index (χ0v) is 11.1. The van der Waals surface area contributed by atoms with E-state index in [4.69, 9.17) is 9.15 Å². The third-order valence-electron chi connectivity index (χ3n) is 2.47. The summed E-state index contributed by atoms with van der Waals surface area (Å²) in [5, 5.41) is 2.79. The van der Waals surface area contributed by atoms with Gasteiger partial charge in [0.15, 0.2) is 0 Å². The fourth-order valence-electron chi connectivity index (χ4n) is 1.67. The monoisotopic (exact) mass is 259 g/mol. The summed E-state index contributed by atoms with van der Waals surface area (Å²) in [4.78, 5) is 12.0. The highest BCUT2D eigenvalue weighted by Crippen LogP contribution is 2.15. The summed E-state index contributed by atoms with van der Waals surface area (Å²) in [7, 11) is 0. The molecule has 0 aliphatic rings. The number of carbonyl (C=O) groups is 1. The van der Waals surface area contributed by atoms with Crippen LogP contribution in [0, 0.1) is 0 Å². The van der Waals surface area contributed by atoms with Crippen LogP contribution in [-0.4, -0.2) is 12.0 Å². The number of hydrogen-bond donors (Lipinski definition) is 1. The Morgan fingerprint density at radius 2 is 2.16 bits per heavy atom. The maximum absolute atomic E-state index is 12.0. The van der Waals surface area contributed by atoms with E-state index in [1.807, 2.05) is 26.0 Å². The lowest BCUT2D eigenvalue weighted by Crippen LogP contribution is -2.22. The SMILES string of the molecule is CC(C)Oc1cccc(C(=O)NCc2ccco2)c1. The van der Waals surface area contributed by atoms with E-state index in [9.17, 15) is 4.79 Å². The Hall–Kier alpha value is -2.23. The molecule has 4 heteroatoms. The smallest absolute Gasteiger partial charge is 0.251 e. The van der Waals surface area contributed by atoms with Gasteiger partial charge in [-0.2, -0.15) is 0 Å². The second-order valence-corrected chi connectivity index (χ2v) is 4.46. The minimum absolute atomic E-state index is 0.0847. The van der Waals surface area contributed by atoms with Crippen molar-refractivity contribution in [2.24, 2.45) is 0 Å². The molecular weight excluding hydrogens is 242 g/mol. The molecule has 2 rings (SSSR count). The van der Waals surface area contributed by atoms with Crippen LogP contribution in [0.1, 0.15) is 30.0 Å². The summed E-state index contributed by atoms with van der Waals surface area (Å²) in [6, 6.07) is 10.7. The van der Waals surface area contributed by atoms with Gasteiger partial charge in [-0.05, 0) is 44.2 Å².